The third kappa shape index (κ3) is 3.89. The summed E-state index contributed by atoms with van der Waals surface area (Å²) >= 11 is 3.38. The van der Waals surface area contributed by atoms with Gasteiger partial charge in [0.25, 0.3) is 0 Å². The quantitative estimate of drug-likeness (QED) is 0.485. The molecule has 0 fully saturated rings. The van der Waals surface area contributed by atoms with Gasteiger partial charge >= 0.3 is 0 Å². The van der Waals surface area contributed by atoms with Gasteiger partial charge in [0.05, 0.1) is 0 Å². The maximum absolute atomic E-state index is 7.28. The van der Waals surface area contributed by atoms with Crippen molar-refractivity contribution in [1.82, 2.24) is 0 Å². The molecule has 15 heavy (non-hydrogen) atoms. The molecule has 0 unspecified atom stereocenters. The maximum atomic E-state index is 7.28. The van der Waals surface area contributed by atoms with Crippen molar-refractivity contribution in [2.45, 2.75) is 26.2 Å². The van der Waals surface area contributed by atoms with Gasteiger partial charge in [0.15, 0.2) is 0 Å². The minimum absolute atomic E-state index is 0.869. The van der Waals surface area contributed by atoms with E-state index in [4.69, 9.17) is 5.41 Å². The first-order valence-corrected chi connectivity index (χ1v) is 5.86. The molecule has 2 heteroatoms. The van der Waals surface area contributed by atoms with E-state index in [9.17, 15) is 0 Å². The molecule has 0 aliphatic rings. The summed E-state index contributed by atoms with van der Waals surface area (Å²) in [4.78, 5) is 0. The van der Waals surface area contributed by atoms with Crippen LogP contribution in [0.1, 0.15) is 37.3 Å². The standard InChI is InChI=1S/C13H14BrN/c1-2-3-4-5-6-11-7-8-13(14)9-12(11)10-15/h7-10,15H,2-4H2,1H3. The van der Waals surface area contributed by atoms with E-state index >= 15 is 0 Å². The number of nitrogens with one attached hydrogen (secondary N) is 1. The Morgan fingerprint density at radius 3 is 2.93 bits per heavy atom. The largest absolute Gasteiger partial charge is 0.308 e. The van der Waals surface area contributed by atoms with Gasteiger partial charge in [0.1, 0.15) is 0 Å². The van der Waals surface area contributed by atoms with Crippen molar-refractivity contribution in [3.63, 3.8) is 0 Å². The Bertz CT molecular complexity index is 399. The summed E-state index contributed by atoms with van der Waals surface area (Å²) < 4.78 is 0.986. The van der Waals surface area contributed by atoms with Gasteiger partial charge in [-0.2, -0.15) is 0 Å². The molecule has 1 nitrogen and oxygen atoms in total. The third-order valence-corrected chi connectivity index (χ3v) is 2.54. The lowest BCUT2D eigenvalue weighted by Crippen LogP contribution is -1.86. The molecule has 1 aromatic carbocycles. The van der Waals surface area contributed by atoms with E-state index in [0.717, 1.165) is 28.4 Å². The lowest BCUT2D eigenvalue weighted by atomic mass is 10.1. The summed E-state index contributed by atoms with van der Waals surface area (Å²) in [5.74, 6) is 6.23. The average molecular weight is 264 g/mol. The lowest BCUT2D eigenvalue weighted by molar-refractivity contribution is 0.828. The van der Waals surface area contributed by atoms with Crippen molar-refractivity contribution >= 4 is 22.1 Å². The zero-order chi connectivity index (χ0) is 11.1. The Morgan fingerprint density at radius 2 is 2.27 bits per heavy atom. The summed E-state index contributed by atoms with van der Waals surface area (Å²) in [6, 6.07) is 5.82. The van der Waals surface area contributed by atoms with E-state index < -0.39 is 0 Å². The molecule has 0 aliphatic heterocycles. The van der Waals surface area contributed by atoms with Crippen LogP contribution in [0.15, 0.2) is 22.7 Å². The molecule has 0 bridgehead atoms. The van der Waals surface area contributed by atoms with Crippen LogP contribution < -0.4 is 0 Å². The van der Waals surface area contributed by atoms with Crippen molar-refractivity contribution in [2.24, 2.45) is 0 Å². The molecule has 0 radical (unpaired) electrons. The van der Waals surface area contributed by atoms with Crippen molar-refractivity contribution in [1.29, 1.82) is 5.41 Å². The predicted octanol–water partition coefficient (Wildman–Crippen LogP) is 3.99. The zero-order valence-electron chi connectivity index (χ0n) is 8.81. The molecule has 1 rings (SSSR count). The normalized spacial score (nSPS) is 9.20. The second kappa shape index (κ2) is 6.42. The predicted molar refractivity (Wildman–Crippen MR) is 68.4 cm³/mol. The van der Waals surface area contributed by atoms with Gasteiger partial charge in [-0.1, -0.05) is 41.1 Å². The number of unbranched alkanes of at least 4 members (excludes halogenated alkanes) is 2. The minimum atomic E-state index is 0.869. The van der Waals surface area contributed by atoms with Crippen LogP contribution in [0.2, 0.25) is 0 Å². The smallest absolute Gasteiger partial charge is 0.0333 e. The summed E-state index contributed by atoms with van der Waals surface area (Å²) in [7, 11) is 0. The Kier molecular flexibility index (Phi) is 5.14. The molecular weight excluding hydrogens is 250 g/mol. The maximum Gasteiger partial charge on any atom is 0.0333 e. The van der Waals surface area contributed by atoms with Gasteiger partial charge < -0.3 is 5.41 Å². The monoisotopic (exact) mass is 263 g/mol. The first kappa shape index (κ1) is 12.0. The number of benzene rings is 1. The average Bonchev–Trinajstić information content (AvgIpc) is 2.26. The van der Waals surface area contributed by atoms with Crippen molar-refractivity contribution < 1.29 is 0 Å². The Balaban J connectivity index is 2.83. The Hall–Kier alpha value is -1.07. The molecule has 0 saturated carbocycles. The third-order valence-electron chi connectivity index (χ3n) is 2.05. The van der Waals surface area contributed by atoms with Crippen LogP contribution in [0.5, 0.6) is 0 Å². The van der Waals surface area contributed by atoms with Gasteiger partial charge in [-0.25, -0.2) is 0 Å². The fraction of sp³-hybridized carbons (Fsp3) is 0.308. The fourth-order valence-electron chi connectivity index (χ4n) is 1.19. The second-order valence-corrected chi connectivity index (χ2v) is 4.20. The summed E-state index contributed by atoms with van der Waals surface area (Å²) in [5, 5.41) is 7.28. The molecule has 1 aromatic rings. The second-order valence-electron chi connectivity index (χ2n) is 3.28. The molecule has 0 aliphatic carbocycles. The molecule has 78 valence electrons. The number of hydrogen-bond donors (Lipinski definition) is 1. The van der Waals surface area contributed by atoms with Crippen LogP contribution in [-0.2, 0) is 0 Å². The highest BCUT2D eigenvalue weighted by Crippen LogP contribution is 2.14. The van der Waals surface area contributed by atoms with Crippen LogP contribution in [0, 0.1) is 17.3 Å². The highest BCUT2D eigenvalue weighted by atomic mass is 79.9. The molecule has 0 heterocycles. The highest BCUT2D eigenvalue weighted by Gasteiger charge is 1.96. The van der Waals surface area contributed by atoms with Gasteiger partial charge in [0.2, 0.25) is 0 Å². The summed E-state index contributed by atoms with van der Waals surface area (Å²) in [6.07, 6.45) is 4.59. The molecule has 0 saturated heterocycles. The van der Waals surface area contributed by atoms with Gasteiger partial charge in [0, 0.05) is 28.2 Å². The zero-order valence-corrected chi connectivity index (χ0v) is 10.4. The summed E-state index contributed by atoms with van der Waals surface area (Å²) in [6.45, 7) is 2.16. The van der Waals surface area contributed by atoms with Gasteiger partial charge in [-0.3, -0.25) is 0 Å². The van der Waals surface area contributed by atoms with E-state index in [1.165, 1.54) is 12.6 Å². The Morgan fingerprint density at radius 1 is 1.47 bits per heavy atom. The Labute approximate surface area is 99.5 Å². The topological polar surface area (TPSA) is 23.9 Å². The van der Waals surface area contributed by atoms with Crippen LogP contribution in [0.25, 0.3) is 0 Å². The lowest BCUT2D eigenvalue weighted by Gasteiger charge is -1.98. The minimum Gasteiger partial charge on any atom is -0.308 e. The highest BCUT2D eigenvalue weighted by molar-refractivity contribution is 9.10. The van der Waals surface area contributed by atoms with Crippen LogP contribution >= 0.6 is 15.9 Å². The molecule has 0 spiro atoms. The van der Waals surface area contributed by atoms with Crippen molar-refractivity contribution in [3.8, 4) is 11.8 Å². The van der Waals surface area contributed by atoms with E-state index in [2.05, 4.69) is 34.7 Å². The van der Waals surface area contributed by atoms with E-state index in [1.807, 2.05) is 18.2 Å². The molecular formula is C13H14BrN. The fourth-order valence-corrected chi connectivity index (χ4v) is 1.57. The van der Waals surface area contributed by atoms with Crippen molar-refractivity contribution in [2.75, 3.05) is 0 Å². The SMILES string of the molecule is CCCCC#Cc1ccc(Br)cc1C=N. The van der Waals surface area contributed by atoms with Crippen LogP contribution in [-0.4, -0.2) is 6.21 Å². The van der Waals surface area contributed by atoms with Gasteiger partial charge in [-0.15, -0.1) is 0 Å². The number of hydrogen-bond acceptors (Lipinski definition) is 1. The molecule has 0 amide bonds. The molecule has 0 atom stereocenters. The summed E-state index contributed by atoms with van der Waals surface area (Å²) in [5.41, 5.74) is 1.80. The van der Waals surface area contributed by atoms with Crippen LogP contribution in [0.3, 0.4) is 0 Å². The van der Waals surface area contributed by atoms with Crippen molar-refractivity contribution in [3.05, 3.63) is 33.8 Å². The van der Waals surface area contributed by atoms with E-state index in [0.29, 0.717) is 0 Å². The van der Waals surface area contributed by atoms with Gasteiger partial charge in [-0.05, 0) is 24.6 Å². The van der Waals surface area contributed by atoms with E-state index in [1.54, 1.807) is 0 Å². The molecule has 1 N–H and O–H groups in total. The van der Waals surface area contributed by atoms with E-state index in [-0.39, 0.29) is 0 Å². The first-order chi connectivity index (χ1) is 7.27. The number of halogens is 1. The number of rotatable bonds is 3. The molecule has 0 aromatic heterocycles. The first-order valence-electron chi connectivity index (χ1n) is 5.07. The van der Waals surface area contributed by atoms with Crippen LogP contribution in [0.4, 0.5) is 0 Å².